The van der Waals surface area contributed by atoms with Gasteiger partial charge in [0.25, 0.3) is 0 Å². The Labute approximate surface area is 164 Å². The highest BCUT2D eigenvalue weighted by Gasteiger charge is 2.32. The molecule has 0 radical (unpaired) electrons. The smallest absolute Gasteiger partial charge is 0.298 e. The van der Waals surface area contributed by atoms with Crippen LogP contribution in [0.1, 0.15) is 5.56 Å². The molecular weight excluding hydrogens is 350 g/mol. The molecule has 144 valence electrons. The highest BCUT2D eigenvalue weighted by atomic mass is 16.1. The Morgan fingerprint density at radius 2 is 1.64 bits per heavy atom. The first kappa shape index (κ1) is 17.4. The standard InChI is InChI=1S/C22H25N5O/c28-22-24-20-9-5-4-8-19(20)21-23-18(16-27(21)22)15-26-12-10-25(11-13-26)14-17-6-2-1-3-7-17/h1-9,18H,10-16H2,(H,23,24,28)/p+1/t18-/m1/s1. The molecule has 2 aliphatic heterocycles. The molecule has 6 heteroatoms. The maximum Gasteiger partial charge on any atom is 0.441 e. The number of para-hydroxylation sites is 1. The van der Waals surface area contributed by atoms with Crippen LogP contribution in [0.15, 0.2) is 59.4 Å². The molecular formula is C22H26N5O+. The van der Waals surface area contributed by atoms with Gasteiger partial charge in [-0.3, -0.25) is 15.1 Å². The van der Waals surface area contributed by atoms with Crippen LogP contribution in [0.2, 0.25) is 0 Å². The molecule has 0 unspecified atom stereocenters. The lowest BCUT2D eigenvalue weighted by atomic mass is 10.2. The van der Waals surface area contributed by atoms with Crippen molar-refractivity contribution in [3.8, 4) is 0 Å². The van der Waals surface area contributed by atoms with E-state index < -0.39 is 0 Å². The van der Waals surface area contributed by atoms with Crippen LogP contribution < -0.4 is 15.6 Å². The van der Waals surface area contributed by atoms with E-state index in [9.17, 15) is 4.79 Å². The molecule has 0 spiro atoms. The Hall–Kier alpha value is -2.70. The third-order valence-corrected chi connectivity index (χ3v) is 5.88. The second-order valence-corrected chi connectivity index (χ2v) is 7.84. The first-order chi connectivity index (χ1) is 13.8. The van der Waals surface area contributed by atoms with Gasteiger partial charge in [0.2, 0.25) is 5.82 Å². The molecule has 28 heavy (non-hydrogen) atoms. The Balaban J connectivity index is 1.21. The highest BCUT2D eigenvalue weighted by molar-refractivity contribution is 5.87. The predicted octanol–water partition coefficient (Wildman–Crippen LogP) is 1.43. The molecule has 5 rings (SSSR count). The quantitative estimate of drug-likeness (QED) is 0.677. The van der Waals surface area contributed by atoms with Crippen LogP contribution in [-0.4, -0.2) is 53.5 Å². The molecule has 2 aliphatic rings. The van der Waals surface area contributed by atoms with Crippen molar-refractivity contribution in [2.45, 2.75) is 19.1 Å². The topological polar surface area (TPSA) is 55.3 Å². The maximum absolute atomic E-state index is 12.4. The van der Waals surface area contributed by atoms with Crippen LogP contribution in [0, 0.1) is 0 Å². The van der Waals surface area contributed by atoms with Crippen LogP contribution in [0.5, 0.6) is 0 Å². The summed E-state index contributed by atoms with van der Waals surface area (Å²) < 4.78 is 1.85. The van der Waals surface area contributed by atoms with Gasteiger partial charge in [0, 0.05) is 39.3 Å². The molecule has 0 saturated carbocycles. The molecule has 3 heterocycles. The molecule has 1 fully saturated rings. The molecule has 0 bridgehead atoms. The maximum atomic E-state index is 12.4. The summed E-state index contributed by atoms with van der Waals surface area (Å²) in [6.45, 7) is 7.04. The number of nitrogens with one attached hydrogen (secondary N) is 2. The normalized spacial score (nSPS) is 20.2. The fraction of sp³-hybridized carbons (Fsp3) is 0.364. The van der Waals surface area contributed by atoms with Gasteiger partial charge in [-0.25, -0.2) is 9.78 Å². The highest BCUT2D eigenvalue weighted by Crippen LogP contribution is 2.21. The van der Waals surface area contributed by atoms with Crippen molar-refractivity contribution in [3.63, 3.8) is 0 Å². The Bertz CT molecular complexity index is 1020. The molecule has 1 aromatic heterocycles. The van der Waals surface area contributed by atoms with Gasteiger partial charge in [-0.2, -0.15) is 4.57 Å². The van der Waals surface area contributed by atoms with Crippen molar-refractivity contribution in [2.75, 3.05) is 38.0 Å². The second-order valence-electron chi connectivity index (χ2n) is 7.84. The number of anilines is 1. The van der Waals surface area contributed by atoms with Crippen molar-refractivity contribution in [1.82, 2.24) is 14.8 Å². The Morgan fingerprint density at radius 3 is 2.46 bits per heavy atom. The summed E-state index contributed by atoms with van der Waals surface area (Å²) in [6, 6.07) is 19.0. The zero-order chi connectivity index (χ0) is 18.9. The Morgan fingerprint density at radius 1 is 0.929 bits per heavy atom. The van der Waals surface area contributed by atoms with E-state index in [2.05, 4.69) is 56.5 Å². The molecule has 2 N–H and O–H groups in total. The minimum Gasteiger partial charge on any atom is -0.298 e. The summed E-state index contributed by atoms with van der Waals surface area (Å²) in [5.74, 6) is 0.951. The number of hydrogen-bond donors (Lipinski definition) is 2. The van der Waals surface area contributed by atoms with Gasteiger partial charge < -0.3 is 0 Å². The van der Waals surface area contributed by atoms with Gasteiger partial charge in [0.05, 0.1) is 5.39 Å². The zero-order valence-electron chi connectivity index (χ0n) is 16.0. The third kappa shape index (κ3) is 3.41. The van der Waals surface area contributed by atoms with Crippen molar-refractivity contribution >= 4 is 16.7 Å². The zero-order valence-corrected chi connectivity index (χ0v) is 16.0. The number of aromatic nitrogens is 2. The summed E-state index contributed by atoms with van der Waals surface area (Å²) in [7, 11) is 0. The minimum absolute atomic E-state index is 0.0311. The minimum atomic E-state index is -0.0311. The molecule has 0 amide bonds. The lowest BCUT2D eigenvalue weighted by Crippen LogP contribution is -2.52. The molecule has 0 aliphatic carbocycles. The lowest BCUT2D eigenvalue weighted by molar-refractivity contribution is -0.689. The monoisotopic (exact) mass is 376 g/mol. The summed E-state index contributed by atoms with van der Waals surface area (Å²) in [4.78, 5) is 20.5. The summed E-state index contributed by atoms with van der Waals surface area (Å²) in [5, 5.41) is 4.69. The van der Waals surface area contributed by atoms with Crippen molar-refractivity contribution in [1.29, 1.82) is 0 Å². The number of benzene rings is 2. The van der Waals surface area contributed by atoms with Crippen molar-refractivity contribution in [2.24, 2.45) is 0 Å². The first-order valence-electron chi connectivity index (χ1n) is 10.1. The average Bonchev–Trinajstić information content (AvgIpc) is 3.15. The molecule has 1 saturated heterocycles. The van der Waals surface area contributed by atoms with Crippen molar-refractivity contribution in [3.05, 3.63) is 70.6 Å². The number of aromatic amines is 1. The van der Waals surface area contributed by atoms with Gasteiger partial charge >= 0.3 is 5.69 Å². The van der Waals surface area contributed by atoms with Crippen LogP contribution >= 0.6 is 0 Å². The molecule has 1 atom stereocenters. The summed E-state index contributed by atoms with van der Waals surface area (Å²) >= 11 is 0. The van der Waals surface area contributed by atoms with E-state index >= 15 is 0 Å². The van der Waals surface area contributed by atoms with E-state index in [1.54, 1.807) is 0 Å². The SMILES string of the molecule is O=c1[nH]c2ccccc2c2[n+]1C[C@@H](CN1CCN(Cc3ccccc3)CC1)N2. The average molecular weight is 376 g/mol. The number of nitrogens with zero attached hydrogens (tertiary/aromatic N) is 3. The summed E-state index contributed by atoms with van der Waals surface area (Å²) in [6.07, 6.45) is 0. The Kier molecular flexibility index (Phi) is 4.58. The van der Waals surface area contributed by atoms with Crippen LogP contribution in [0.3, 0.4) is 0 Å². The van der Waals surface area contributed by atoms with Crippen LogP contribution in [0.25, 0.3) is 10.9 Å². The molecule has 3 aromatic rings. The van der Waals surface area contributed by atoms with E-state index in [1.165, 1.54) is 5.56 Å². The van der Waals surface area contributed by atoms with Crippen LogP contribution in [0.4, 0.5) is 5.82 Å². The van der Waals surface area contributed by atoms with E-state index in [0.717, 1.165) is 62.5 Å². The van der Waals surface area contributed by atoms with Gasteiger partial charge in [0.15, 0.2) is 0 Å². The predicted molar refractivity (Wildman–Crippen MR) is 110 cm³/mol. The number of piperazine rings is 1. The number of rotatable bonds is 4. The fourth-order valence-electron chi connectivity index (χ4n) is 4.40. The van der Waals surface area contributed by atoms with E-state index in [0.29, 0.717) is 0 Å². The van der Waals surface area contributed by atoms with Gasteiger partial charge in [0.1, 0.15) is 18.1 Å². The van der Waals surface area contributed by atoms with Crippen molar-refractivity contribution < 1.29 is 4.57 Å². The summed E-state index contributed by atoms with van der Waals surface area (Å²) in [5.41, 5.74) is 2.24. The van der Waals surface area contributed by atoms with E-state index in [4.69, 9.17) is 0 Å². The second kappa shape index (κ2) is 7.37. The molecule has 2 aromatic carbocycles. The van der Waals surface area contributed by atoms with Gasteiger partial charge in [-0.05, 0) is 17.7 Å². The number of H-pyrrole nitrogens is 1. The molecule has 6 nitrogen and oxygen atoms in total. The lowest BCUT2D eigenvalue weighted by Gasteiger charge is -2.35. The van der Waals surface area contributed by atoms with Crippen LogP contribution in [-0.2, 0) is 13.1 Å². The van der Waals surface area contributed by atoms with Gasteiger partial charge in [-0.1, -0.05) is 42.5 Å². The fourth-order valence-corrected chi connectivity index (χ4v) is 4.40. The van der Waals surface area contributed by atoms with Gasteiger partial charge in [-0.15, -0.1) is 0 Å². The third-order valence-electron chi connectivity index (χ3n) is 5.88. The van der Waals surface area contributed by atoms with E-state index in [1.807, 2.05) is 22.8 Å². The first-order valence-corrected chi connectivity index (χ1v) is 10.1. The number of fused-ring (bicyclic) bond motifs is 3. The largest absolute Gasteiger partial charge is 0.441 e. The number of hydrogen-bond acceptors (Lipinski definition) is 4. The van der Waals surface area contributed by atoms with E-state index in [-0.39, 0.29) is 11.7 Å².